The van der Waals surface area contributed by atoms with Gasteiger partial charge < -0.3 is 19.4 Å². The fraction of sp³-hybridized carbons (Fsp3) is 0.655. The quantitative estimate of drug-likeness (QED) is 0.170. The number of nitrogens with one attached hydrogen (secondary N) is 1. The van der Waals surface area contributed by atoms with Crippen molar-refractivity contribution < 1.29 is 23.9 Å². The number of H-pyrrole nitrogens is 1. The zero-order chi connectivity index (χ0) is 46.6. The third-order valence-corrected chi connectivity index (χ3v) is 21.3. The highest BCUT2D eigenvalue weighted by atomic mass is 16.5. The number of imidazole rings is 1. The monoisotopic (exact) mass is 896 g/mol. The number of aromatic nitrogens is 2. The van der Waals surface area contributed by atoms with Crippen LogP contribution in [0.2, 0.25) is 0 Å². The first kappa shape index (κ1) is 45.6. The lowest BCUT2D eigenvalue weighted by molar-refractivity contribution is -0.251. The topological polar surface area (TPSA) is 102 Å². The molecular weight excluding hydrogens is 819 g/mol. The Kier molecular flexibility index (Phi) is 11.2. The van der Waals surface area contributed by atoms with E-state index in [4.69, 9.17) is 14.5 Å². The number of nitrogens with zero attached hydrogens (tertiary/aromatic N) is 2. The lowest BCUT2D eigenvalue weighted by atomic mass is 9.32. The predicted molar refractivity (Wildman–Crippen MR) is 258 cm³/mol. The summed E-state index contributed by atoms with van der Waals surface area (Å²) in [4.78, 5) is 53.8. The van der Waals surface area contributed by atoms with Gasteiger partial charge in [-0.25, -0.2) is 4.98 Å². The van der Waals surface area contributed by atoms with Crippen LogP contribution >= 0.6 is 0 Å². The number of carbonyl (C=O) groups excluding carboxylic acids is 3. The number of hydrogen-bond acceptors (Lipinski definition) is 6. The summed E-state index contributed by atoms with van der Waals surface area (Å²) in [7, 11) is 0. The second kappa shape index (κ2) is 16.2. The molecule has 354 valence electrons. The van der Waals surface area contributed by atoms with Crippen molar-refractivity contribution in [2.75, 3.05) is 6.54 Å². The molecule has 1 aliphatic heterocycles. The van der Waals surface area contributed by atoms with Crippen LogP contribution in [-0.4, -0.2) is 45.4 Å². The summed E-state index contributed by atoms with van der Waals surface area (Å²) in [6, 6.07) is 20.1. The number of allylic oxidation sites excluding steroid dienone is 1. The maximum atomic E-state index is 15.6. The van der Waals surface area contributed by atoms with Crippen LogP contribution < -0.4 is 0 Å². The van der Waals surface area contributed by atoms with Gasteiger partial charge in [-0.3, -0.25) is 14.4 Å². The first-order valence-corrected chi connectivity index (χ1v) is 25.8. The van der Waals surface area contributed by atoms with Crippen LogP contribution in [0.3, 0.4) is 0 Å². The van der Waals surface area contributed by atoms with Gasteiger partial charge in [-0.2, -0.15) is 0 Å². The Morgan fingerprint density at radius 3 is 2.18 bits per heavy atom. The van der Waals surface area contributed by atoms with E-state index in [9.17, 15) is 9.59 Å². The van der Waals surface area contributed by atoms with Crippen molar-refractivity contribution in [1.29, 1.82) is 0 Å². The van der Waals surface area contributed by atoms with Gasteiger partial charge in [-0.15, -0.1) is 0 Å². The Bertz CT molecular complexity index is 2350. The molecule has 0 unspecified atom stereocenters. The lowest BCUT2D eigenvalue weighted by Gasteiger charge is -2.73. The van der Waals surface area contributed by atoms with E-state index < -0.39 is 5.41 Å². The second-order valence-electron chi connectivity index (χ2n) is 24.6. The largest absolute Gasteiger partial charge is 0.462 e. The predicted octanol–water partition coefficient (Wildman–Crippen LogP) is 12.7. The van der Waals surface area contributed by atoms with Crippen LogP contribution in [-0.2, 0) is 30.5 Å². The molecule has 8 heteroatoms. The summed E-state index contributed by atoms with van der Waals surface area (Å²) < 4.78 is 12.4. The summed E-state index contributed by atoms with van der Waals surface area (Å²) in [5.41, 5.74) is 3.64. The maximum absolute atomic E-state index is 15.6. The van der Waals surface area contributed by atoms with E-state index in [1.165, 1.54) is 18.4 Å². The number of likely N-dealkylation sites (tertiary alicyclic amines) is 1. The van der Waals surface area contributed by atoms with Crippen molar-refractivity contribution in [2.24, 2.45) is 73.9 Å². The molecule has 6 aliphatic carbocycles. The highest BCUT2D eigenvalue weighted by molar-refractivity contribution is 5.85. The molecule has 7 fully saturated rings. The minimum atomic E-state index is -0.522. The van der Waals surface area contributed by atoms with Gasteiger partial charge >= 0.3 is 11.9 Å². The van der Waals surface area contributed by atoms with E-state index in [-0.39, 0.29) is 69.6 Å². The molecule has 1 aromatic heterocycles. The van der Waals surface area contributed by atoms with Gasteiger partial charge in [0.2, 0.25) is 5.91 Å². The molecule has 10 rings (SSSR count). The van der Waals surface area contributed by atoms with E-state index in [1.54, 1.807) is 0 Å². The number of fused-ring (bicyclic) bond motifs is 7. The van der Waals surface area contributed by atoms with Gasteiger partial charge in [0.15, 0.2) is 0 Å². The highest BCUT2D eigenvalue weighted by Gasteiger charge is 2.72. The third kappa shape index (κ3) is 6.77. The highest BCUT2D eigenvalue weighted by Crippen LogP contribution is 2.78. The minimum Gasteiger partial charge on any atom is -0.462 e. The second-order valence-corrected chi connectivity index (χ2v) is 24.6. The summed E-state index contributed by atoms with van der Waals surface area (Å²) >= 11 is 0. The number of esters is 2. The Labute approximate surface area is 394 Å². The Hall–Kier alpha value is -4.20. The average Bonchev–Trinajstić information content (AvgIpc) is 4.07. The van der Waals surface area contributed by atoms with Crippen molar-refractivity contribution in [3.8, 4) is 11.3 Å². The standard InChI is InChI=1S/C58H77N3O5/c1-36(2)39-24-29-58(52(64)61-32-16-21-44(61)49-59-34-43(60-49)38-19-14-11-15-20-38)31-30-56(8)40(48(39)58)22-23-46-55(7)27-26-47(54(5,6)45(55)25-28-57(46,56)9)66-51(63)42-33-41(53(42,3)4)50(62)65-35-37-17-12-10-13-18-37/h10-15,17-20,34,39-42,44-48H,1,16,21-33,35H2,2-9H3,(H,59,60)/t39-,40+,41-,42+,44-,45-,46+,47-,48+,55-,56+,57+,58-/m0/s1. The van der Waals surface area contributed by atoms with E-state index >= 15 is 4.79 Å². The Morgan fingerprint density at radius 1 is 0.758 bits per heavy atom. The smallest absolute Gasteiger partial charge is 0.309 e. The van der Waals surface area contributed by atoms with Crippen molar-refractivity contribution >= 4 is 17.8 Å². The molecule has 1 amide bonds. The number of amides is 1. The average molecular weight is 896 g/mol. The molecule has 66 heavy (non-hydrogen) atoms. The number of hydrogen-bond donors (Lipinski definition) is 1. The number of aromatic amines is 1. The van der Waals surface area contributed by atoms with Crippen LogP contribution in [0, 0.1) is 73.9 Å². The number of benzene rings is 2. The molecule has 7 aliphatic rings. The fourth-order valence-corrected chi connectivity index (χ4v) is 17.3. The van der Waals surface area contributed by atoms with Crippen LogP contribution in [0.1, 0.15) is 156 Å². The van der Waals surface area contributed by atoms with Gasteiger partial charge in [-0.05, 0) is 153 Å². The Morgan fingerprint density at radius 2 is 1.47 bits per heavy atom. The van der Waals surface area contributed by atoms with Crippen LogP contribution in [0.25, 0.3) is 11.3 Å². The van der Waals surface area contributed by atoms with Gasteiger partial charge in [0.1, 0.15) is 18.5 Å². The SMILES string of the molecule is C=C(C)[C@@H]1CC[C@]2(C(=O)N3CCC[C@H]3c3ncc(-c4ccccc4)[nH]3)CC[C@]3(C)[C@H](CC[C@@H]4[C@@]5(C)CC[C@H](OC(=O)[C@H]6C[C@@H](C(=O)OCc7ccccc7)C6(C)C)C(C)(C)[C@@H]5CC[C@]43C)[C@@H]12. The summed E-state index contributed by atoms with van der Waals surface area (Å²) in [5, 5.41) is 0. The molecule has 1 saturated heterocycles. The molecule has 6 saturated carbocycles. The van der Waals surface area contributed by atoms with Crippen LogP contribution in [0.15, 0.2) is 79.0 Å². The lowest BCUT2D eigenvalue weighted by Crippen LogP contribution is -2.67. The third-order valence-electron chi connectivity index (χ3n) is 21.3. The first-order chi connectivity index (χ1) is 31.4. The number of ether oxygens (including phenoxy) is 2. The maximum Gasteiger partial charge on any atom is 0.309 e. The molecule has 3 aromatic rings. The molecule has 1 N–H and O–H groups in total. The van der Waals surface area contributed by atoms with Gasteiger partial charge in [0, 0.05) is 12.0 Å². The van der Waals surface area contributed by atoms with E-state index in [1.807, 2.05) is 56.4 Å². The molecule has 0 spiro atoms. The molecule has 8 nitrogen and oxygen atoms in total. The van der Waals surface area contributed by atoms with Crippen molar-refractivity contribution in [3.05, 3.63) is 90.4 Å². The van der Waals surface area contributed by atoms with Crippen molar-refractivity contribution in [3.63, 3.8) is 0 Å². The molecule has 2 heterocycles. The van der Waals surface area contributed by atoms with Gasteiger partial charge in [-0.1, -0.05) is 121 Å². The number of rotatable bonds is 9. The van der Waals surface area contributed by atoms with Crippen molar-refractivity contribution in [1.82, 2.24) is 14.9 Å². The zero-order valence-corrected chi connectivity index (χ0v) is 41.3. The molecule has 2 aromatic carbocycles. The zero-order valence-electron chi connectivity index (χ0n) is 41.3. The normalized spacial score (nSPS) is 39.6. The first-order valence-electron chi connectivity index (χ1n) is 25.8. The number of carbonyl (C=O) groups is 3. The Balaban J connectivity index is 0.849. The summed E-state index contributed by atoms with van der Waals surface area (Å²) in [6.45, 7) is 24.7. The van der Waals surface area contributed by atoms with Crippen molar-refractivity contribution in [2.45, 2.75) is 158 Å². The fourth-order valence-electron chi connectivity index (χ4n) is 17.3. The van der Waals surface area contributed by atoms with E-state index in [0.717, 1.165) is 93.4 Å². The van der Waals surface area contributed by atoms with Gasteiger partial charge in [0.05, 0.1) is 35.2 Å². The van der Waals surface area contributed by atoms with E-state index in [0.29, 0.717) is 41.9 Å². The summed E-state index contributed by atoms with van der Waals surface area (Å²) in [5.74, 6) is 2.41. The molecule has 0 bridgehead atoms. The minimum absolute atomic E-state index is 0.0190. The van der Waals surface area contributed by atoms with Crippen LogP contribution in [0.4, 0.5) is 0 Å². The van der Waals surface area contributed by atoms with E-state index in [2.05, 4.69) is 82.3 Å². The summed E-state index contributed by atoms with van der Waals surface area (Å²) in [6.07, 6.45) is 14.8. The van der Waals surface area contributed by atoms with Crippen LogP contribution in [0.5, 0.6) is 0 Å². The molecule has 13 atom stereocenters. The molecule has 0 radical (unpaired) electrons. The van der Waals surface area contributed by atoms with Gasteiger partial charge in [0.25, 0.3) is 0 Å². The molecular formula is C58H77N3O5.